The van der Waals surface area contributed by atoms with Crippen molar-refractivity contribution in [1.29, 1.82) is 0 Å². The fourth-order valence-corrected chi connectivity index (χ4v) is 1.45. The molecule has 0 aromatic carbocycles. The van der Waals surface area contributed by atoms with Crippen LogP contribution in [-0.4, -0.2) is 31.3 Å². The molecule has 90 valence electrons. The molecule has 0 bridgehead atoms. The summed E-state index contributed by atoms with van der Waals surface area (Å²) >= 11 is 4.95. The summed E-state index contributed by atoms with van der Waals surface area (Å²) in [6, 6.07) is 0. The van der Waals surface area contributed by atoms with Gasteiger partial charge in [0.1, 0.15) is 13.2 Å². The molecule has 0 aliphatic heterocycles. The molecule has 0 unspecified atom stereocenters. The lowest BCUT2D eigenvalue weighted by molar-refractivity contribution is -0.123. The predicted octanol–water partition coefficient (Wildman–Crippen LogP) is 0.348. The molecule has 1 rings (SSSR count). The molecule has 0 saturated carbocycles. The van der Waals surface area contributed by atoms with Gasteiger partial charge in [-0.15, -0.1) is 0 Å². The molecule has 0 aliphatic rings. The maximum absolute atomic E-state index is 11.6. The fraction of sp³-hybridized carbons (Fsp3) is 0.667. The van der Waals surface area contributed by atoms with E-state index in [1.54, 1.807) is 0 Å². The van der Waals surface area contributed by atoms with Crippen LogP contribution in [0.5, 0.6) is 0 Å². The molecule has 7 heteroatoms. The van der Waals surface area contributed by atoms with Crippen LogP contribution >= 0.6 is 12.2 Å². The van der Waals surface area contributed by atoms with Gasteiger partial charge in [0.05, 0.1) is 0 Å². The molecule has 1 aromatic heterocycles. The zero-order valence-electron chi connectivity index (χ0n) is 9.57. The third-order valence-corrected chi connectivity index (χ3v) is 2.11. The molecule has 16 heavy (non-hydrogen) atoms. The third-order valence-electron chi connectivity index (χ3n) is 1.79. The molecular weight excluding hydrogens is 228 g/mol. The highest BCUT2D eigenvalue weighted by Gasteiger charge is 2.15. The lowest BCUT2D eigenvalue weighted by Crippen LogP contribution is -2.42. The number of hydrogen-bond acceptors (Lipinski definition) is 4. The van der Waals surface area contributed by atoms with Crippen molar-refractivity contribution in [3.8, 4) is 0 Å². The van der Waals surface area contributed by atoms with E-state index < -0.39 is 0 Å². The van der Waals surface area contributed by atoms with E-state index >= 15 is 0 Å². The standard InChI is InChI=1S/C9H16N4O2S/c1-9(2,3)10-7(15)4-13-6(5-14)11-12-8(13)16/h14H,4-5H2,1-3H3,(H,10,15)(H,12,16). The molecule has 6 nitrogen and oxygen atoms in total. The molecule has 1 aromatic rings. The zero-order chi connectivity index (χ0) is 12.3. The van der Waals surface area contributed by atoms with Crippen molar-refractivity contribution < 1.29 is 9.90 Å². The summed E-state index contributed by atoms with van der Waals surface area (Å²) in [7, 11) is 0. The molecule has 0 aliphatic carbocycles. The fourth-order valence-electron chi connectivity index (χ4n) is 1.24. The van der Waals surface area contributed by atoms with Gasteiger partial charge in [0.25, 0.3) is 0 Å². The quantitative estimate of drug-likeness (QED) is 0.670. The molecule has 0 fully saturated rings. The number of nitrogens with zero attached hydrogens (tertiary/aromatic N) is 2. The van der Waals surface area contributed by atoms with Gasteiger partial charge in [-0.3, -0.25) is 14.5 Å². The molecule has 1 amide bonds. The Balaban J connectivity index is 2.77. The summed E-state index contributed by atoms with van der Waals surface area (Å²) in [5, 5.41) is 18.1. The number of rotatable bonds is 3. The van der Waals surface area contributed by atoms with Crippen molar-refractivity contribution in [3.05, 3.63) is 10.6 Å². The van der Waals surface area contributed by atoms with E-state index in [-0.39, 0.29) is 24.6 Å². The first-order valence-electron chi connectivity index (χ1n) is 4.89. The maximum atomic E-state index is 11.6. The Kier molecular flexibility index (Phi) is 3.82. The van der Waals surface area contributed by atoms with E-state index in [1.807, 2.05) is 20.8 Å². The number of hydrogen-bond donors (Lipinski definition) is 3. The topological polar surface area (TPSA) is 82.9 Å². The maximum Gasteiger partial charge on any atom is 0.240 e. The molecule has 0 radical (unpaired) electrons. The molecule has 1 heterocycles. The Labute approximate surface area is 98.7 Å². The summed E-state index contributed by atoms with van der Waals surface area (Å²) in [6.07, 6.45) is 0. The van der Waals surface area contributed by atoms with E-state index in [0.717, 1.165) is 0 Å². The van der Waals surface area contributed by atoms with Crippen molar-refractivity contribution in [2.45, 2.75) is 39.5 Å². The zero-order valence-corrected chi connectivity index (χ0v) is 10.4. The van der Waals surface area contributed by atoms with Crippen LogP contribution in [0.25, 0.3) is 0 Å². The van der Waals surface area contributed by atoms with E-state index in [2.05, 4.69) is 15.5 Å². The predicted molar refractivity (Wildman–Crippen MR) is 61.2 cm³/mol. The third kappa shape index (κ3) is 3.42. The number of H-pyrrole nitrogens is 1. The van der Waals surface area contributed by atoms with Gasteiger partial charge in [0, 0.05) is 5.54 Å². The minimum atomic E-state index is -0.289. The first-order chi connectivity index (χ1) is 7.33. The highest BCUT2D eigenvalue weighted by atomic mass is 32.1. The Hall–Kier alpha value is -1.21. The highest BCUT2D eigenvalue weighted by Crippen LogP contribution is 2.01. The summed E-state index contributed by atoms with van der Waals surface area (Å²) in [6.45, 7) is 5.49. The minimum Gasteiger partial charge on any atom is -0.388 e. The van der Waals surface area contributed by atoms with E-state index in [4.69, 9.17) is 17.3 Å². The number of nitrogens with one attached hydrogen (secondary N) is 2. The Morgan fingerprint density at radius 2 is 2.25 bits per heavy atom. The molecule has 0 spiro atoms. The van der Waals surface area contributed by atoms with Gasteiger partial charge in [-0.1, -0.05) is 0 Å². The number of amides is 1. The van der Waals surface area contributed by atoms with E-state index in [9.17, 15) is 4.79 Å². The Morgan fingerprint density at radius 3 is 2.75 bits per heavy atom. The van der Waals surface area contributed by atoms with Crippen LogP contribution in [0.3, 0.4) is 0 Å². The van der Waals surface area contributed by atoms with E-state index in [0.29, 0.717) is 10.6 Å². The van der Waals surface area contributed by atoms with Crippen molar-refractivity contribution >= 4 is 18.1 Å². The van der Waals surface area contributed by atoms with Gasteiger partial charge in [0.2, 0.25) is 5.91 Å². The molecule has 0 saturated heterocycles. The van der Waals surface area contributed by atoms with Gasteiger partial charge >= 0.3 is 0 Å². The van der Waals surface area contributed by atoms with E-state index in [1.165, 1.54) is 4.57 Å². The second-order valence-corrected chi connectivity index (χ2v) is 4.87. The van der Waals surface area contributed by atoms with Crippen molar-refractivity contribution in [3.63, 3.8) is 0 Å². The van der Waals surface area contributed by atoms with Crippen LogP contribution in [0.1, 0.15) is 26.6 Å². The summed E-state index contributed by atoms with van der Waals surface area (Å²) < 4.78 is 1.80. The first kappa shape index (κ1) is 12.9. The minimum absolute atomic E-state index is 0.0580. The van der Waals surface area contributed by atoms with Crippen LogP contribution in [0.15, 0.2) is 0 Å². The van der Waals surface area contributed by atoms with Crippen LogP contribution in [0.4, 0.5) is 0 Å². The number of aromatic nitrogens is 3. The smallest absolute Gasteiger partial charge is 0.240 e. The van der Waals surface area contributed by atoms with Crippen LogP contribution in [-0.2, 0) is 17.9 Å². The Bertz CT molecular complexity index is 429. The highest BCUT2D eigenvalue weighted by molar-refractivity contribution is 7.71. The normalized spacial score (nSPS) is 11.5. The van der Waals surface area contributed by atoms with Gasteiger partial charge in [-0.25, -0.2) is 0 Å². The van der Waals surface area contributed by atoms with Gasteiger partial charge < -0.3 is 10.4 Å². The number of aromatic amines is 1. The van der Waals surface area contributed by atoms with Crippen molar-refractivity contribution in [2.75, 3.05) is 0 Å². The van der Waals surface area contributed by atoms with Crippen molar-refractivity contribution in [1.82, 2.24) is 20.1 Å². The largest absolute Gasteiger partial charge is 0.388 e. The average Bonchev–Trinajstić information content (AvgIpc) is 2.44. The number of carbonyl (C=O) groups is 1. The summed E-state index contributed by atoms with van der Waals surface area (Å²) in [5.74, 6) is 0.189. The number of carbonyl (C=O) groups excluding carboxylic acids is 1. The number of aliphatic hydroxyl groups excluding tert-OH is 1. The van der Waals surface area contributed by atoms with Gasteiger partial charge in [-0.05, 0) is 33.0 Å². The molecular formula is C9H16N4O2S. The second-order valence-electron chi connectivity index (χ2n) is 4.49. The molecule has 3 N–H and O–H groups in total. The van der Waals surface area contributed by atoms with Crippen LogP contribution < -0.4 is 5.32 Å². The second kappa shape index (κ2) is 4.75. The monoisotopic (exact) mass is 244 g/mol. The molecule has 0 atom stereocenters. The van der Waals surface area contributed by atoms with Gasteiger partial charge in [-0.2, -0.15) is 5.10 Å². The van der Waals surface area contributed by atoms with Gasteiger partial charge in [0.15, 0.2) is 10.6 Å². The lowest BCUT2D eigenvalue weighted by atomic mass is 10.1. The SMILES string of the molecule is CC(C)(C)NC(=O)Cn1c(CO)n[nH]c1=S. The first-order valence-corrected chi connectivity index (χ1v) is 5.30. The summed E-state index contributed by atoms with van der Waals surface area (Å²) in [5.41, 5.74) is -0.289. The Morgan fingerprint density at radius 1 is 1.62 bits per heavy atom. The van der Waals surface area contributed by atoms with Crippen LogP contribution in [0.2, 0.25) is 0 Å². The average molecular weight is 244 g/mol. The lowest BCUT2D eigenvalue weighted by Gasteiger charge is -2.20. The number of aliphatic hydroxyl groups is 1. The van der Waals surface area contributed by atoms with Crippen LogP contribution in [0, 0.1) is 4.77 Å². The summed E-state index contributed by atoms with van der Waals surface area (Å²) in [4.78, 5) is 11.6. The van der Waals surface area contributed by atoms with Crippen molar-refractivity contribution in [2.24, 2.45) is 0 Å².